The number of esters is 2. The van der Waals surface area contributed by atoms with E-state index < -0.39 is 23.5 Å². The predicted molar refractivity (Wildman–Crippen MR) is 53.4 cm³/mol. The Morgan fingerprint density at radius 1 is 1.25 bits per heavy atom. The summed E-state index contributed by atoms with van der Waals surface area (Å²) in [6, 6.07) is 0. The third kappa shape index (κ3) is 2.79. The summed E-state index contributed by atoms with van der Waals surface area (Å²) in [5.74, 6) is -3.58. The number of ether oxygens (including phenoxy) is 2. The molecular weight excluding hydrogens is 216 g/mol. The standard InChI is InChI=1S/C10H16O6/c1-4-15-8(12)10(14,7(3)6-11)9(13)16-5-2/h6-7,14H,4-5H2,1-3H3/t7-/m1/s1. The maximum atomic E-state index is 11.4. The largest absolute Gasteiger partial charge is 0.463 e. The highest BCUT2D eigenvalue weighted by Gasteiger charge is 2.52. The Bertz CT molecular complexity index is 254. The molecule has 0 aliphatic carbocycles. The van der Waals surface area contributed by atoms with E-state index in [-0.39, 0.29) is 13.2 Å². The Morgan fingerprint density at radius 2 is 1.62 bits per heavy atom. The smallest absolute Gasteiger partial charge is 0.350 e. The Hall–Kier alpha value is -1.43. The second-order valence-corrected chi connectivity index (χ2v) is 3.13. The van der Waals surface area contributed by atoms with E-state index in [1.807, 2.05) is 0 Å². The number of rotatable bonds is 6. The lowest BCUT2D eigenvalue weighted by Gasteiger charge is -2.25. The summed E-state index contributed by atoms with van der Waals surface area (Å²) in [4.78, 5) is 33.5. The number of hydrogen-bond donors (Lipinski definition) is 1. The Morgan fingerprint density at radius 3 is 1.88 bits per heavy atom. The van der Waals surface area contributed by atoms with Crippen LogP contribution in [0.1, 0.15) is 20.8 Å². The monoisotopic (exact) mass is 232 g/mol. The van der Waals surface area contributed by atoms with Crippen LogP contribution in [-0.4, -0.2) is 42.1 Å². The number of carbonyl (C=O) groups is 3. The molecule has 16 heavy (non-hydrogen) atoms. The minimum Gasteiger partial charge on any atom is -0.463 e. The Balaban J connectivity index is 5.09. The average Bonchev–Trinajstić information content (AvgIpc) is 2.27. The van der Waals surface area contributed by atoms with Gasteiger partial charge in [-0.25, -0.2) is 9.59 Å². The molecule has 0 aromatic heterocycles. The van der Waals surface area contributed by atoms with Gasteiger partial charge in [0.15, 0.2) is 0 Å². The summed E-state index contributed by atoms with van der Waals surface area (Å²) < 4.78 is 9.10. The lowest BCUT2D eigenvalue weighted by molar-refractivity contribution is -0.189. The summed E-state index contributed by atoms with van der Waals surface area (Å²) in [6.45, 7) is 4.27. The third-order valence-electron chi connectivity index (χ3n) is 2.04. The molecule has 1 N–H and O–H groups in total. The van der Waals surface area contributed by atoms with Crippen LogP contribution >= 0.6 is 0 Å². The number of hydrogen-bond acceptors (Lipinski definition) is 6. The fraction of sp³-hybridized carbons (Fsp3) is 0.700. The van der Waals surface area contributed by atoms with Crippen LogP contribution in [0.25, 0.3) is 0 Å². The molecule has 0 heterocycles. The summed E-state index contributed by atoms with van der Waals surface area (Å²) in [5, 5.41) is 9.90. The molecule has 0 aromatic carbocycles. The fourth-order valence-corrected chi connectivity index (χ4v) is 1.04. The van der Waals surface area contributed by atoms with E-state index in [9.17, 15) is 19.5 Å². The molecule has 0 spiro atoms. The lowest BCUT2D eigenvalue weighted by Crippen LogP contribution is -2.54. The van der Waals surface area contributed by atoms with Crippen molar-refractivity contribution in [2.75, 3.05) is 13.2 Å². The minimum atomic E-state index is -2.56. The van der Waals surface area contributed by atoms with Crippen molar-refractivity contribution in [1.82, 2.24) is 0 Å². The zero-order chi connectivity index (χ0) is 12.8. The van der Waals surface area contributed by atoms with Gasteiger partial charge < -0.3 is 19.4 Å². The van der Waals surface area contributed by atoms with Gasteiger partial charge in [-0.2, -0.15) is 0 Å². The molecule has 0 aliphatic heterocycles. The van der Waals surface area contributed by atoms with Gasteiger partial charge in [-0.1, -0.05) is 6.92 Å². The maximum absolute atomic E-state index is 11.4. The highest BCUT2D eigenvalue weighted by atomic mass is 16.6. The molecule has 92 valence electrons. The second kappa shape index (κ2) is 6.22. The third-order valence-corrected chi connectivity index (χ3v) is 2.04. The van der Waals surface area contributed by atoms with E-state index >= 15 is 0 Å². The first-order valence-electron chi connectivity index (χ1n) is 4.97. The highest BCUT2D eigenvalue weighted by Crippen LogP contribution is 2.20. The Labute approximate surface area is 93.5 Å². The first-order chi connectivity index (χ1) is 7.44. The van der Waals surface area contributed by atoms with E-state index in [1.165, 1.54) is 20.8 Å². The quantitative estimate of drug-likeness (QED) is 0.383. The van der Waals surface area contributed by atoms with Gasteiger partial charge in [0.25, 0.3) is 5.60 Å². The molecular formula is C10H16O6. The van der Waals surface area contributed by atoms with Crippen molar-refractivity contribution in [2.45, 2.75) is 26.4 Å². The van der Waals surface area contributed by atoms with Gasteiger partial charge in [-0.05, 0) is 13.8 Å². The SMILES string of the molecule is CCOC(=O)C(O)(C(=O)OCC)[C@H](C)C=O. The predicted octanol–water partition coefficient (Wildman–Crippen LogP) is -0.321. The molecule has 0 aromatic rings. The first kappa shape index (κ1) is 14.6. The number of carbonyl (C=O) groups excluding carboxylic acids is 3. The normalized spacial score (nSPS) is 12.8. The summed E-state index contributed by atoms with van der Waals surface area (Å²) >= 11 is 0. The summed E-state index contributed by atoms with van der Waals surface area (Å²) in [7, 11) is 0. The molecule has 0 rings (SSSR count). The lowest BCUT2D eigenvalue weighted by atomic mass is 9.90. The van der Waals surface area contributed by atoms with Crippen LogP contribution in [-0.2, 0) is 23.9 Å². The van der Waals surface area contributed by atoms with E-state index in [0.717, 1.165) is 0 Å². The van der Waals surface area contributed by atoms with Crippen molar-refractivity contribution in [3.05, 3.63) is 0 Å². The molecule has 0 saturated heterocycles. The molecule has 6 nitrogen and oxygen atoms in total. The van der Waals surface area contributed by atoms with E-state index in [1.54, 1.807) is 0 Å². The molecule has 0 amide bonds. The molecule has 0 fully saturated rings. The van der Waals surface area contributed by atoms with Crippen molar-refractivity contribution in [1.29, 1.82) is 0 Å². The topological polar surface area (TPSA) is 89.9 Å². The highest BCUT2D eigenvalue weighted by molar-refractivity contribution is 6.05. The van der Waals surface area contributed by atoms with E-state index in [2.05, 4.69) is 9.47 Å². The van der Waals surface area contributed by atoms with Gasteiger partial charge >= 0.3 is 11.9 Å². The number of aldehydes is 1. The van der Waals surface area contributed by atoms with Crippen molar-refractivity contribution < 1.29 is 29.0 Å². The zero-order valence-electron chi connectivity index (χ0n) is 9.56. The second-order valence-electron chi connectivity index (χ2n) is 3.13. The zero-order valence-corrected chi connectivity index (χ0v) is 9.56. The van der Waals surface area contributed by atoms with Crippen LogP contribution in [0.3, 0.4) is 0 Å². The maximum Gasteiger partial charge on any atom is 0.350 e. The van der Waals surface area contributed by atoms with E-state index in [4.69, 9.17) is 0 Å². The minimum absolute atomic E-state index is 0.00781. The molecule has 6 heteroatoms. The molecule has 0 radical (unpaired) electrons. The van der Waals surface area contributed by atoms with Crippen LogP contribution in [0.5, 0.6) is 0 Å². The molecule has 1 atom stereocenters. The van der Waals surface area contributed by atoms with Crippen LogP contribution in [0, 0.1) is 5.92 Å². The van der Waals surface area contributed by atoms with Gasteiger partial charge in [-0.15, -0.1) is 0 Å². The van der Waals surface area contributed by atoms with Gasteiger partial charge in [0, 0.05) is 0 Å². The van der Waals surface area contributed by atoms with Crippen molar-refractivity contribution in [3.63, 3.8) is 0 Å². The number of aliphatic hydroxyl groups is 1. The van der Waals surface area contributed by atoms with Crippen LogP contribution < -0.4 is 0 Å². The Kier molecular flexibility index (Phi) is 5.66. The first-order valence-corrected chi connectivity index (χ1v) is 4.97. The molecule has 0 bridgehead atoms. The summed E-state index contributed by atoms with van der Waals surface area (Å²) in [6.07, 6.45) is 0.299. The van der Waals surface area contributed by atoms with Crippen molar-refractivity contribution in [3.8, 4) is 0 Å². The van der Waals surface area contributed by atoms with Gasteiger partial charge in [-0.3, -0.25) is 0 Å². The van der Waals surface area contributed by atoms with Crippen LogP contribution in [0.2, 0.25) is 0 Å². The van der Waals surface area contributed by atoms with Crippen molar-refractivity contribution in [2.24, 2.45) is 5.92 Å². The molecule has 0 aliphatic rings. The van der Waals surface area contributed by atoms with Crippen LogP contribution in [0.15, 0.2) is 0 Å². The summed E-state index contributed by atoms with van der Waals surface area (Å²) in [5.41, 5.74) is -2.56. The van der Waals surface area contributed by atoms with Gasteiger partial charge in [0.05, 0.1) is 19.1 Å². The fourth-order valence-electron chi connectivity index (χ4n) is 1.04. The molecule has 0 unspecified atom stereocenters. The van der Waals surface area contributed by atoms with E-state index in [0.29, 0.717) is 6.29 Å². The average molecular weight is 232 g/mol. The van der Waals surface area contributed by atoms with Gasteiger partial charge in [0.2, 0.25) is 0 Å². The molecule has 0 saturated carbocycles. The van der Waals surface area contributed by atoms with Crippen molar-refractivity contribution >= 4 is 18.2 Å². The van der Waals surface area contributed by atoms with Crippen LogP contribution in [0.4, 0.5) is 0 Å². The van der Waals surface area contributed by atoms with Gasteiger partial charge in [0.1, 0.15) is 6.29 Å².